The molecule has 0 aromatic rings. The molecule has 0 aromatic carbocycles. The predicted molar refractivity (Wildman–Crippen MR) is 62.5 cm³/mol. The highest BCUT2D eigenvalue weighted by Crippen LogP contribution is 2.18. The van der Waals surface area contributed by atoms with Crippen molar-refractivity contribution in [1.29, 1.82) is 0 Å². The van der Waals surface area contributed by atoms with E-state index in [0.717, 1.165) is 31.0 Å². The van der Waals surface area contributed by atoms with Gasteiger partial charge in [0.2, 0.25) is 0 Å². The van der Waals surface area contributed by atoms with E-state index in [1.54, 1.807) is 0 Å². The van der Waals surface area contributed by atoms with Gasteiger partial charge in [0.1, 0.15) is 0 Å². The zero-order chi connectivity index (χ0) is 10.6. The second-order valence-corrected chi connectivity index (χ2v) is 5.21. The average molecular weight is 198 g/mol. The smallest absolute Gasteiger partial charge is 0.0164 e. The lowest BCUT2D eigenvalue weighted by Crippen LogP contribution is -2.39. The van der Waals surface area contributed by atoms with E-state index < -0.39 is 0 Å². The molecule has 14 heavy (non-hydrogen) atoms. The van der Waals surface area contributed by atoms with Crippen LogP contribution in [0.3, 0.4) is 0 Å². The van der Waals surface area contributed by atoms with Crippen LogP contribution in [0, 0.1) is 11.8 Å². The van der Waals surface area contributed by atoms with E-state index in [4.69, 9.17) is 0 Å². The fourth-order valence-corrected chi connectivity index (χ4v) is 1.33. The molecular formula is C12H26N2. The summed E-state index contributed by atoms with van der Waals surface area (Å²) in [5.41, 5.74) is 0. The van der Waals surface area contributed by atoms with E-state index in [1.807, 2.05) is 0 Å². The van der Waals surface area contributed by atoms with E-state index in [0.29, 0.717) is 6.04 Å². The highest BCUT2D eigenvalue weighted by molar-refractivity contribution is 4.82. The van der Waals surface area contributed by atoms with Crippen LogP contribution in [0.15, 0.2) is 0 Å². The Morgan fingerprint density at radius 1 is 1.07 bits per heavy atom. The monoisotopic (exact) mass is 198 g/mol. The van der Waals surface area contributed by atoms with Crippen LogP contribution < -0.4 is 10.6 Å². The van der Waals surface area contributed by atoms with Crippen molar-refractivity contribution in [1.82, 2.24) is 10.6 Å². The second-order valence-electron chi connectivity index (χ2n) is 5.21. The Morgan fingerprint density at radius 3 is 2.21 bits per heavy atom. The Balaban J connectivity index is 1.98. The third kappa shape index (κ3) is 4.97. The molecule has 1 aliphatic carbocycles. The molecular weight excluding hydrogens is 172 g/mol. The lowest BCUT2D eigenvalue weighted by atomic mass is 9.98. The van der Waals surface area contributed by atoms with Gasteiger partial charge in [-0.3, -0.25) is 0 Å². The molecule has 0 aliphatic heterocycles. The van der Waals surface area contributed by atoms with Gasteiger partial charge in [0.05, 0.1) is 0 Å². The Hall–Kier alpha value is -0.0800. The quantitative estimate of drug-likeness (QED) is 0.654. The predicted octanol–water partition coefficient (Wildman–Crippen LogP) is 2.01. The molecule has 2 heteroatoms. The third-order valence-electron chi connectivity index (χ3n) is 3.22. The molecule has 0 heterocycles. The second kappa shape index (κ2) is 5.72. The van der Waals surface area contributed by atoms with Crippen LogP contribution in [0.25, 0.3) is 0 Å². The van der Waals surface area contributed by atoms with Crippen molar-refractivity contribution in [3.8, 4) is 0 Å². The third-order valence-corrected chi connectivity index (χ3v) is 3.22. The molecule has 0 saturated heterocycles. The molecule has 1 saturated carbocycles. The molecule has 0 bridgehead atoms. The molecule has 1 rings (SSSR count). The van der Waals surface area contributed by atoms with E-state index in [9.17, 15) is 0 Å². The van der Waals surface area contributed by atoms with Crippen molar-refractivity contribution in [2.45, 2.75) is 52.6 Å². The van der Waals surface area contributed by atoms with Crippen LogP contribution in [-0.2, 0) is 0 Å². The first-order valence-electron chi connectivity index (χ1n) is 6.06. The maximum absolute atomic E-state index is 3.58. The maximum atomic E-state index is 3.58. The van der Waals surface area contributed by atoms with Gasteiger partial charge in [0.25, 0.3) is 0 Å². The zero-order valence-corrected chi connectivity index (χ0v) is 10.1. The van der Waals surface area contributed by atoms with Gasteiger partial charge in [-0.15, -0.1) is 0 Å². The molecule has 0 radical (unpaired) electrons. The van der Waals surface area contributed by atoms with Crippen molar-refractivity contribution in [2.75, 3.05) is 13.1 Å². The Kier molecular flexibility index (Phi) is 4.90. The fourth-order valence-electron chi connectivity index (χ4n) is 1.33. The highest BCUT2D eigenvalue weighted by atomic mass is 15.0. The summed E-state index contributed by atoms with van der Waals surface area (Å²) < 4.78 is 0. The molecule has 2 nitrogen and oxygen atoms in total. The van der Waals surface area contributed by atoms with Crippen LogP contribution >= 0.6 is 0 Å². The first kappa shape index (κ1) is 12.0. The normalized spacial score (nSPS) is 21.2. The van der Waals surface area contributed by atoms with Crippen LogP contribution in [-0.4, -0.2) is 25.2 Å². The van der Waals surface area contributed by atoms with Crippen LogP contribution in [0.2, 0.25) is 0 Å². The molecule has 0 spiro atoms. The van der Waals surface area contributed by atoms with Gasteiger partial charge in [-0.1, -0.05) is 20.8 Å². The standard InChI is InChI=1S/C12H26N2/c1-9(2)10(3)7-13-11(4)8-14-12-5-6-12/h9-14H,5-8H2,1-4H3. The Morgan fingerprint density at radius 2 is 1.71 bits per heavy atom. The summed E-state index contributed by atoms with van der Waals surface area (Å²) in [4.78, 5) is 0. The average Bonchev–Trinajstić information content (AvgIpc) is 2.94. The molecule has 1 fully saturated rings. The van der Waals surface area contributed by atoms with Crippen molar-refractivity contribution >= 4 is 0 Å². The lowest BCUT2D eigenvalue weighted by Gasteiger charge is -2.20. The summed E-state index contributed by atoms with van der Waals surface area (Å²) in [6, 6.07) is 1.44. The number of nitrogens with one attached hydrogen (secondary N) is 2. The van der Waals surface area contributed by atoms with E-state index in [-0.39, 0.29) is 0 Å². The van der Waals surface area contributed by atoms with Crippen LogP contribution in [0.5, 0.6) is 0 Å². The van der Waals surface area contributed by atoms with Gasteiger partial charge < -0.3 is 10.6 Å². The summed E-state index contributed by atoms with van der Waals surface area (Å²) in [7, 11) is 0. The summed E-state index contributed by atoms with van der Waals surface area (Å²) in [6.07, 6.45) is 2.77. The summed E-state index contributed by atoms with van der Waals surface area (Å²) >= 11 is 0. The molecule has 0 amide bonds. The summed E-state index contributed by atoms with van der Waals surface area (Å²) in [5.74, 6) is 1.56. The summed E-state index contributed by atoms with van der Waals surface area (Å²) in [5, 5.41) is 7.13. The maximum Gasteiger partial charge on any atom is 0.0164 e. The number of hydrogen-bond donors (Lipinski definition) is 2. The van der Waals surface area contributed by atoms with Crippen molar-refractivity contribution in [3.05, 3.63) is 0 Å². The van der Waals surface area contributed by atoms with Crippen molar-refractivity contribution in [2.24, 2.45) is 11.8 Å². The molecule has 84 valence electrons. The minimum atomic E-state index is 0.608. The van der Waals surface area contributed by atoms with Gasteiger partial charge >= 0.3 is 0 Å². The van der Waals surface area contributed by atoms with Gasteiger partial charge in [0.15, 0.2) is 0 Å². The number of rotatable bonds is 7. The van der Waals surface area contributed by atoms with Gasteiger partial charge in [0, 0.05) is 18.6 Å². The Labute approximate surface area is 88.8 Å². The fraction of sp³-hybridized carbons (Fsp3) is 1.00. The molecule has 2 N–H and O–H groups in total. The molecule has 0 aromatic heterocycles. The largest absolute Gasteiger partial charge is 0.313 e. The van der Waals surface area contributed by atoms with Crippen LogP contribution in [0.1, 0.15) is 40.5 Å². The first-order valence-corrected chi connectivity index (χ1v) is 6.06. The molecule has 2 unspecified atom stereocenters. The van der Waals surface area contributed by atoms with Gasteiger partial charge in [-0.2, -0.15) is 0 Å². The Bertz CT molecular complexity index is 152. The highest BCUT2D eigenvalue weighted by Gasteiger charge is 2.20. The first-order chi connectivity index (χ1) is 6.59. The van der Waals surface area contributed by atoms with Crippen molar-refractivity contribution < 1.29 is 0 Å². The van der Waals surface area contributed by atoms with E-state index in [1.165, 1.54) is 12.8 Å². The van der Waals surface area contributed by atoms with E-state index >= 15 is 0 Å². The van der Waals surface area contributed by atoms with Crippen molar-refractivity contribution in [3.63, 3.8) is 0 Å². The minimum Gasteiger partial charge on any atom is -0.313 e. The lowest BCUT2D eigenvalue weighted by molar-refractivity contribution is 0.367. The zero-order valence-electron chi connectivity index (χ0n) is 10.1. The topological polar surface area (TPSA) is 24.1 Å². The van der Waals surface area contributed by atoms with E-state index in [2.05, 4.69) is 38.3 Å². The van der Waals surface area contributed by atoms with Crippen LogP contribution in [0.4, 0.5) is 0 Å². The molecule has 2 atom stereocenters. The number of hydrogen-bond acceptors (Lipinski definition) is 2. The molecule has 1 aliphatic rings. The SMILES string of the molecule is CC(CNC1CC1)NCC(C)C(C)C. The van der Waals surface area contributed by atoms with Gasteiger partial charge in [-0.25, -0.2) is 0 Å². The minimum absolute atomic E-state index is 0.608. The summed E-state index contributed by atoms with van der Waals surface area (Å²) in [6.45, 7) is 11.4. The van der Waals surface area contributed by atoms with Gasteiger partial charge in [-0.05, 0) is 38.1 Å².